The fourth-order valence-corrected chi connectivity index (χ4v) is 7.46. The van der Waals surface area contributed by atoms with E-state index in [4.69, 9.17) is 4.74 Å². The lowest BCUT2D eigenvalue weighted by molar-refractivity contribution is 0.0932. The van der Waals surface area contributed by atoms with Crippen LogP contribution in [0.3, 0.4) is 0 Å². The van der Waals surface area contributed by atoms with E-state index >= 15 is 0 Å². The fourth-order valence-electron chi connectivity index (χ4n) is 4.63. The first kappa shape index (κ1) is 27.1. The lowest BCUT2D eigenvalue weighted by atomic mass is 9.88. The van der Waals surface area contributed by atoms with Crippen LogP contribution >= 0.6 is 11.3 Å². The molecule has 1 aliphatic heterocycles. The summed E-state index contributed by atoms with van der Waals surface area (Å²) >= 11 is 1.43. The van der Waals surface area contributed by atoms with Crippen molar-refractivity contribution in [1.29, 1.82) is 0 Å². The Morgan fingerprint density at radius 3 is 2.38 bits per heavy atom. The van der Waals surface area contributed by atoms with E-state index < -0.39 is 22.0 Å². The number of piperazine rings is 1. The molecule has 12 heteroatoms. The summed E-state index contributed by atoms with van der Waals surface area (Å²) in [5.41, 5.74) is 1.81. The summed E-state index contributed by atoms with van der Waals surface area (Å²) in [5.74, 6) is -0.120. The number of carbonyl (C=O) groups excluding carboxylic acids is 3. The molecule has 4 rings (SSSR count). The molecular formula is C25H32N4O6S2. The molecular weight excluding hydrogens is 516 g/mol. The van der Waals surface area contributed by atoms with Gasteiger partial charge in [-0.3, -0.25) is 9.59 Å². The quantitative estimate of drug-likeness (QED) is 0.572. The molecule has 1 aromatic carbocycles. The number of sulfonamides is 1. The maximum Gasteiger partial charge on any atom is 0.409 e. The number of benzene rings is 1. The number of anilines is 1. The molecule has 2 heterocycles. The molecule has 2 aromatic rings. The van der Waals surface area contributed by atoms with Crippen molar-refractivity contribution in [2.45, 2.75) is 38.0 Å². The van der Waals surface area contributed by atoms with E-state index in [1.54, 1.807) is 14.0 Å². The van der Waals surface area contributed by atoms with Crippen molar-refractivity contribution in [3.05, 3.63) is 45.8 Å². The molecule has 37 heavy (non-hydrogen) atoms. The van der Waals surface area contributed by atoms with Gasteiger partial charge in [0.25, 0.3) is 11.8 Å². The third-order valence-corrected chi connectivity index (χ3v) is 9.79. The highest BCUT2D eigenvalue weighted by Crippen LogP contribution is 2.39. The van der Waals surface area contributed by atoms with Crippen LogP contribution in [-0.4, -0.2) is 75.4 Å². The van der Waals surface area contributed by atoms with Gasteiger partial charge in [0.15, 0.2) is 0 Å². The van der Waals surface area contributed by atoms with Crippen molar-refractivity contribution < 1.29 is 27.5 Å². The van der Waals surface area contributed by atoms with Gasteiger partial charge in [-0.1, -0.05) is 6.92 Å². The Hall–Kier alpha value is -2.96. The Morgan fingerprint density at radius 1 is 1.08 bits per heavy atom. The number of hydrogen-bond donors (Lipinski definition) is 2. The van der Waals surface area contributed by atoms with E-state index in [9.17, 15) is 22.8 Å². The van der Waals surface area contributed by atoms with Gasteiger partial charge in [-0.15, -0.1) is 11.3 Å². The molecule has 200 valence electrons. The highest BCUT2D eigenvalue weighted by Gasteiger charge is 2.31. The van der Waals surface area contributed by atoms with E-state index in [1.165, 1.54) is 44.8 Å². The minimum absolute atomic E-state index is 0.0697. The van der Waals surface area contributed by atoms with Crippen molar-refractivity contribution in [1.82, 2.24) is 14.5 Å². The summed E-state index contributed by atoms with van der Waals surface area (Å²) in [5, 5.41) is 6.05. The highest BCUT2D eigenvalue weighted by molar-refractivity contribution is 7.89. The predicted octanol–water partition coefficient (Wildman–Crippen LogP) is 2.95. The lowest BCUT2D eigenvalue weighted by Crippen LogP contribution is -2.50. The number of nitrogens with zero attached hydrogens (tertiary/aromatic N) is 2. The van der Waals surface area contributed by atoms with Crippen LogP contribution in [0, 0.1) is 5.92 Å². The Labute approximate surface area is 221 Å². The van der Waals surface area contributed by atoms with E-state index in [2.05, 4.69) is 17.6 Å². The van der Waals surface area contributed by atoms with E-state index in [0.29, 0.717) is 16.5 Å². The fraction of sp³-hybridized carbons (Fsp3) is 0.480. The van der Waals surface area contributed by atoms with Crippen molar-refractivity contribution >= 4 is 44.3 Å². The summed E-state index contributed by atoms with van der Waals surface area (Å²) < 4.78 is 32.5. The lowest BCUT2D eigenvalue weighted by Gasteiger charge is -2.33. The summed E-state index contributed by atoms with van der Waals surface area (Å²) in [7, 11) is -2.21. The Kier molecular flexibility index (Phi) is 8.20. The van der Waals surface area contributed by atoms with Crippen LogP contribution in [0.4, 0.5) is 9.80 Å². The SMILES string of the molecule is CCOC(=O)N1CCN(S(=O)(=O)c2ccc(C(=O)Nc3sc4c(c3C(=O)NC)CCC(C)C4)cc2)CC1. The van der Waals surface area contributed by atoms with Gasteiger partial charge in [-0.05, 0) is 61.9 Å². The number of carbonyl (C=O) groups is 3. The zero-order valence-corrected chi connectivity index (χ0v) is 22.8. The number of fused-ring (bicyclic) bond motifs is 1. The first-order valence-electron chi connectivity index (χ1n) is 12.4. The molecule has 2 aliphatic rings. The number of nitrogens with one attached hydrogen (secondary N) is 2. The van der Waals surface area contributed by atoms with Crippen molar-refractivity contribution in [3.8, 4) is 0 Å². The molecule has 1 atom stereocenters. The molecule has 10 nitrogen and oxygen atoms in total. The summed E-state index contributed by atoms with van der Waals surface area (Å²) in [6.07, 6.45) is 2.22. The minimum Gasteiger partial charge on any atom is -0.450 e. The summed E-state index contributed by atoms with van der Waals surface area (Å²) in [4.78, 5) is 40.2. The minimum atomic E-state index is -3.78. The molecule has 2 N–H and O–H groups in total. The van der Waals surface area contributed by atoms with E-state index in [-0.39, 0.29) is 49.2 Å². The van der Waals surface area contributed by atoms with Crippen molar-refractivity contribution in [2.24, 2.45) is 5.92 Å². The molecule has 0 bridgehead atoms. The second-order valence-corrected chi connectivity index (χ2v) is 12.2. The molecule has 0 saturated carbocycles. The predicted molar refractivity (Wildman–Crippen MR) is 141 cm³/mol. The maximum atomic E-state index is 13.1. The topological polar surface area (TPSA) is 125 Å². The van der Waals surface area contributed by atoms with Crippen LogP contribution in [0.2, 0.25) is 0 Å². The average Bonchev–Trinajstić information content (AvgIpc) is 3.25. The van der Waals surface area contributed by atoms with Crippen LogP contribution < -0.4 is 10.6 Å². The molecule has 1 fully saturated rings. The van der Waals surface area contributed by atoms with Crippen molar-refractivity contribution in [2.75, 3.05) is 45.2 Å². The van der Waals surface area contributed by atoms with E-state index in [0.717, 1.165) is 29.7 Å². The number of hydrogen-bond acceptors (Lipinski definition) is 7. The normalized spacial score (nSPS) is 18.1. The highest BCUT2D eigenvalue weighted by atomic mass is 32.2. The molecule has 0 spiro atoms. The Morgan fingerprint density at radius 2 is 1.76 bits per heavy atom. The van der Waals surface area contributed by atoms with Gasteiger partial charge in [0, 0.05) is 43.7 Å². The molecule has 1 aliphatic carbocycles. The van der Waals surface area contributed by atoms with Crippen LogP contribution in [0.1, 0.15) is 51.4 Å². The van der Waals surface area contributed by atoms with Crippen molar-refractivity contribution in [3.63, 3.8) is 0 Å². The second-order valence-electron chi connectivity index (χ2n) is 9.20. The van der Waals surface area contributed by atoms with Gasteiger partial charge in [0.1, 0.15) is 5.00 Å². The first-order valence-corrected chi connectivity index (χ1v) is 14.6. The second kappa shape index (κ2) is 11.2. The third-order valence-electron chi connectivity index (χ3n) is 6.71. The third kappa shape index (κ3) is 5.65. The smallest absolute Gasteiger partial charge is 0.409 e. The summed E-state index contributed by atoms with van der Waals surface area (Å²) in [6.45, 7) is 4.97. The maximum absolute atomic E-state index is 13.1. The molecule has 3 amide bonds. The van der Waals surface area contributed by atoms with Gasteiger partial charge in [0.2, 0.25) is 10.0 Å². The number of rotatable bonds is 6. The van der Waals surface area contributed by atoms with Gasteiger partial charge in [-0.25, -0.2) is 13.2 Å². The van der Waals surface area contributed by atoms with Crippen LogP contribution in [-0.2, 0) is 27.6 Å². The largest absolute Gasteiger partial charge is 0.450 e. The molecule has 1 aromatic heterocycles. The molecule has 0 radical (unpaired) electrons. The van der Waals surface area contributed by atoms with Gasteiger partial charge < -0.3 is 20.3 Å². The van der Waals surface area contributed by atoms with Crippen LogP contribution in [0.25, 0.3) is 0 Å². The first-order chi connectivity index (χ1) is 17.6. The molecule has 1 saturated heterocycles. The zero-order chi connectivity index (χ0) is 26.7. The average molecular weight is 549 g/mol. The zero-order valence-electron chi connectivity index (χ0n) is 21.2. The van der Waals surface area contributed by atoms with Gasteiger partial charge in [0.05, 0.1) is 17.1 Å². The number of amides is 3. The number of thiophene rings is 1. The standard InChI is InChI=1S/C25H32N4O6S2/c1-4-35-25(32)28-11-13-29(14-12-28)37(33,34)18-8-6-17(7-9-18)22(30)27-24-21(23(31)26-3)19-10-5-16(2)15-20(19)36-24/h6-9,16H,4-5,10-15H2,1-3H3,(H,26,31)(H,27,30). The van der Waals surface area contributed by atoms with Gasteiger partial charge in [-0.2, -0.15) is 4.31 Å². The Bertz CT molecular complexity index is 1280. The van der Waals surface area contributed by atoms with E-state index in [1.807, 2.05) is 0 Å². The molecule has 1 unspecified atom stereocenters. The number of ether oxygens (including phenoxy) is 1. The van der Waals surface area contributed by atoms with Crippen LogP contribution in [0.15, 0.2) is 29.2 Å². The summed E-state index contributed by atoms with van der Waals surface area (Å²) in [6, 6.07) is 5.74. The Balaban J connectivity index is 1.46. The monoisotopic (exact) mass is 548 g/mol. The van der Waals surface area contributed by atoms with Gasteiger partial charge >= 0.3 is 6.09 Å². The van der Waals surface area contributed by atoms with Crippen LogP contribution in [0.5, 0.6) is 0 Å².